The fraction of sp³-hybridized carbons (Fsp3) is 0.250. The molecule has 0 bridgehead atoms. The van der Waals surface area contributed by atoms with Gasteiger partial charge in [0.05, 0.1) is 23.4 Å². The van der Waals surface area contributed by atoms with E-state index in [4.69, 9.17) is 0 Å². The molecule has 0 N–H and O–H groups in total. The van der Waals surface area contributed by atoms with Crippen LogP contribution in [0.5, 0.6) is 0 Å². The molecule has 3 heterocycles. The number of fused-ring (bicyclic) bond motifs is 1. The van der Waals surface area contributed by atoms with Crippen molar-refractivity contribution in [3.63, 3.8) is 0 Å². The van der Waals surface area contributed by atoms with Gasteiger partial charge in [0.15, 0.2) is 11.6 Å². The van der Waals surface area contributed by atoms with Crippen LogP contribution in [0.15, 0.2) is 53.2 Å². The third-order valence-corrected chi connectivity index (χ3v) is 6.73. The van der Waals surface area contributed by atoms with E-state index in [1.165, 1.54) is 22.3 Å². The van der Waals surface area contributed by atoms with E-state index in [0.29, 0.717) is 43.9 Å². The van der Waals surface area contributed by atoms with E-state index in [9.17, 15) is 18.4 Å². The van der Waals surface area contributed by atoms with Gasteiger partial charge in [-0.25, -0.2) is 8.78 Å². The summed E-state index contributed by atoms with van der Waals surface area (Å²) >= 11 is 1.54. The van der Waals surface area contributed by atoms with Crippen molar-refractivity contribution in [1.29, 1.82) is 0 Å². The molecule has 0 saturated carbocycles. The minimum Gasteiger partial charge on any atom is -0.368 e. The number of hydrogen-bond donors (Lipinski definition) is 0. The molecule has 2 aliphatic rings. The molecule has 1 fully saturated rings. The van der Waals surface area contributed by atoms with Gasteiger partial charge in [-0.1, -0.05) is 12.1 Å². The summed E-state index contributed by atoms with van der Waals surface area (Å²) in [4.78, 5) is 31.7. The lowest BCUT2D eigenvalue weighted by molar-refractivity contribution is 0.0642. The second-order valence-electron chi connectivity index (χ2n) is 8.04. The Kier molecular flexibility index (Phi) is 5.48. The Balaban J connectivity index is 1.30. The highest BCUT2D eigenvalue weighted by molar-refractivity contribution is 7.07. The molecule has 0 aliphatic carbocycles. The summed E-state index contributed by atoms with van der Waals surface area (Å²) in [5.41, 5.74) is 3.37. The molecule has 2 aliphatic heterocycles. The molecular formula is C24H21F2N3O2S. The molecular weight excluding hydrogens is 432 g/mol. The minimum atomic E-state index is -0.844. The number of nitrogens with zero attached hydrogens (tertiary/aromatic N) is 3. The second-order valence-corrected chi connectivity index (χ2v) is 8.82. The van der Waals surface area contributed by atoms with Crippen LogP contribution >= 0.6 is 11.3 Å². The number of carbonyl (C=O) groups is 2. The number of thiophene rings is 1. The quantitative estimate of drug-likeness (QED) is 0.545. The highest BCUT2D eigenvalue weighted by Crippen LogP contribution is 2.33. The second kappa shape index (κ2) is 8.44. The molecule has 0 unspecified atom stereocenters. The van der Waals surface area contributed by atoms with Crippen LogP contribution in [-0.4, -0.2) is 47.8 Å². The van der Waals surface area contributed by atoms with Crippen molar-refractivity contribution in [2.75, 3.05) is 31.1 Å². The Morgan fingerprint density at radius 2 is 1.66 bits per heavy atom. The number of hydrogen-bond acceptors (Lipinski definition) is 5. The van der Waals surface area contributed by atoms with Gasteiger partial charge in [0, 0.05) is 32.7 Å². The van der Waals surface area contributed by atoms with Gasteiger partial charge >= 0.3 is 0 Å². The molecule has 164 valence electrons. The summed E-state index contributed by atoms with van der Waals surface area (Å²) in [6, 6.07) is 11.3. The lowest BCUT2D eigenvalue weighted by Gasteiger charge is -2.36. The normalized spacial score (nSPS) is 16.7. The predicted octanol–water partition coefficient (Wildman–Crippen LogP) is 4.14. The summed E-state index contributed by atoms with van der Waals surface area (Å²) < 4.78 is 26.7. The molecule has 8 heteroatoms. The molecule has 1 saturated heterocycles. The maximum Gasteiger partial charge on any atom is 0.263 e. The number of halogens is 2. The van der Waals surface area contributed by atoms with Gasteiger partial charge < -0.3 is 4.90 Å². The zero-order valence-electron chi connectivity index (χ0n) is 17.3. The van der Waals surface area contributed by atoms with Crippen LogP contribution in [0.25, 0.3) is 0 Å². The van der Waals surface area contributed by atoms with Gasteiger partial charge in [-0.05, 0) is 52.2 Å². The molecule has 2 aromatic carbocycles. The first-order valence-electron chi connectivity index (χ1n) is 10.4. The molecule has 32 heavy (non-hydrogen) atoms. The largest absolute Gasteiger partial charge is 0.368 e. The first kappa shape index (κ1) is 20.8. The third kappa shape index (κ3) is 3.80. The first-order chi connectivity index (χ1) is 15.5. The van der Waals surface area contributed by atoms with E-state index in [1.807, 2.05) is 29.0 Å². The summed E-state index contributed by atoms with van der Waals surface area (Å²) in [5, 5.41) is 3.87. The fourth-order valence-corrected chi connectivity index (χ4v) is 4.99. The topological polar surface area (TPSA) is 43.9 Å². The Morgan fingerprint density at radius 1 is 0.844 bits per heavy atom. The van der Waals surface area contributed by atoms with E-state index < -0.39 is 11.6 Å². The number of amides is 2. The zero-order chi connectivity index (χ0) is 22.2. The number of anilines is 1. The van der Waals surface area contributed by atoms with Gasteiger partial charge in [-0.2, -0.15) is 11.3 Å². The molecule has 0 radical (unpaired) electrons. The van der Waals surface area contributed by atoms with Crippen LogP contribution in [0.4, 0.5) is 14.5 Å². The monoisotopic (exact) mass is 453 g/mol. The summed E-state index contributed by atoms with van der Waals surface area (Å²) in [5.74, 6) is -2.19. The number of rotatable bonds is 5. The highest BCUT2D eigenvalue weighted by Gasteiger charge is 2.38. The minimum absolute atomic E-state index is 0.254. The number of benzene rings is 2. The maximum absolute atomic E-state index is 13.5. The number of carbonyl (C=O) groups excluding carboxylic acids is 2. The first-order valence-corrected chi connectivity index (χ1v) is 11.4. The van der Waals surface area contributed by atoms with Crippen molar-refractivity contribution in [1.82, 2.24) is 9.80 Å². The van der Waals surface area contributed by atoms with Crippen LogP contribution in [0.1, 0.15) is 31.8 Å². The van der Waals surface area contributed by atoms with Crippen LogP contribution in [0, 0.1) is 11.6 Å². The van der Waals surface area contributed by atoms with Crippen molar-refractivity contribution in [2.24, 2.45) is 0 Å². The van der Waals surface area contributed by atoms with Crippen LogP contribution in [-0.2, 0) is 13.1 Å². The lowest BCUT2D eigenvalue weighted by Crippen LogP contribution is -2.46. The molecule has 3 aromatic rings. The van der Waals surface area contributed by atoms with Crippen molar-refractivity contribution in [2.45, 2.75) is 13.1 Å². The summed E-state index contributed by atoms with van der Waals surface area (Å²) in [6.45, 7) is 3.58. The van der Waals surface area contributed by atoms with Crippen molar-refractivity contribution in [3.05, 3.63) is 87.1 Å². The van der Waals surface area contributed by atoms with Crippen molar-refractivity contribution >= 4 is 28.8 Å². The molecule has 1 aromatic heterocycles. The maximum atomic E-state index is 13.5. The zero-order valence-corrected chi connectivity index (χ0v) is 18.1. The Morgan fingerprint density at radius 3 is 2.38 bits per heavy atom. The average Bonchev–Trinajstić information content (AvgIpc) is 3.40. The van der Waals surface area contributed by atoms with Gasteiger partial charge in [0.25, 0.3) is 11.8 Å². The van der Waals surface area contributed by atoms with Crippen LogP contribution < -0.4 is 4.90 Å². The van der Waals surface area contributed by atoms with E-state index in [2.05, 4.69) is 9.80 Å². The van der Waals surface area contributed by atoms with Gasteiger partial charge in [0.1, 0.15) is 0 Å². The van der Waals surface area contributed by atoms with Crippen LogP contribution in [0.3, 0.4) is 0 Å². The van der Waals surface area contributed by atoms with E-state index in [0.717, 1.165) is 22.9 Å². The highest BCUT2D eigenvalue weighted by atomic mass is 32.1. The van der Waals surface area contributed by atoms with Crippen LogP contribution in [0.2, 0.25) is 0 Å². The fourth-order valence-electron chi connectivity index (χ4n) is 4.33. The predicted molar refractivity (Wildman–Crippen MR) is 119 cm³/mol. The average molecular weight is 454 g/mol. The van der Waals surface area contributed by atoms with Gasteiger partial charge in [0.2, 0.25) is 0 Å². The number of imide groups is 1. The molecule has 0 atom stereocenters. The smallest absolute Gasteiger partial charge is 0.263 e. The van der Waals surface area contributed by atoms with E-state index in [-0.39, 0.29) is 18.4 Å². The SMILES string of the molecule is O=C1c2cccc(N3CCN(Cc4ccc(F)c(F)c4)CC3)c2C(=O)N1Cc1ccsc1. The van der Waals surface area contributed by atoms with Crippen molar-refractivity contribution < 1.29 is 18.4 Å². The van der Waals surface area contributed by atoms with Crippen molar-refractivity contribution in [3.8, 4) is 0 Å². The molecule has 0 spiro atoms. The summed E-state index contributed by atoms with van der Waals surface area (Å²) in [7, 11) is 0. The Labute approximate surface area is 188 Å². The molecule has 5 rings (SSSR count). The Hall–Kier alpha value is -3.10. The molecule has 2 amide bonds. The molecule has 5 nitrogen and oxygen atoms in total. The van der Waals surface area contributed by atoms with E-state index in [1.54, 1.807) is 12.1 Å². The van der Waals surface area contributed by atoms with Gasteiger partial charge in [-0.15, -0.1) is 0 Å². The Bertz CT molecular complexity index is 1170. The lowest BCUT2D eigenvalue weighted by atomic mass is 10.1. The van der Waals surface area contributed by atoms with Gasteiger partial charge in [-0.3, -0.25) is 19.4 Å². The van der Waals surface area contributed by atoms with E-state index >= 15 is 0 Å². The third-order valence-electron chi connectivity index (χ3n) is 6.00. The summed E-state index contributed by atoms with van der Waals surface area (Å²) in [6.07, 6.45) is 0. The standard InChI is InChI=1S/C24H21F2N3O2S/c25-19-5-4-16(12-20(19)26)13-27-7-9-28(10-8-27)21-3-1-2-18-22(21)24(31)29(23(18)30)14-17-6-11-32-15-17/h1-6,11-12,15H,7-10,13-14H2. The number of piperazine rings is 1.